The second-order valence-electron chi connectivity index (χ2n) is 9.59. The normalized spacial score (nSPS) is 14.5. The van der Waals surface area contributed by atoms with Crippen molar-refractivity contribution in [2.75, 3.05) is 6.54 Å². The summed E-state index contributed by atoms with van der Waals surface area (Å²) in [5, 5.41) is 5.19. The van der Waals surface area contributed by atoms with Crippen LogP contribution in [0.1, 0.15) is 62.7 Å². The van der Waals surface area contributed by atoms with Gasteiger partial charge >= 0.3 is 0 Å². The van der Waals surface area contributed by atoms with Gasteiger partial charge in [-0.25, -0.2) is 9.37 Å². The summed E-state index contributed by atoms with van der Waals surface area (Å²) in [5.41, 5.74) is 5.66. The molecule has 0 spiro atoms. The third-order valence-corrected chi connectivity index (χ3v) is 7.70. The lowest BCUT2D eigenvalue weighted by molar-refractivity contribution is -0.132. The number of rotatable bonds is 8. The van der Waals surface area contributed by atoms with Crippen LogP contribution in [0.15, 0.2) is 72.1 Å². The van der Waals surface area contributed by atoms with Gasteiger partial charge in [0.2, 0.25) is 5.91 Å². The molecule has 6 nitrogen and oxygen atoms in total. The first-order chi connectivity index (χ1) is 18.9. The Hall–Kier alpha value is -4.04. The van der Waals surface area contributed by atoms with Gasteiger partial charge in [-0.05, 0) is 59.9 Å². The lowest BCUT2D eigenvalue weighted by Crippen LogP contribution is -2.40. The molecule has 1 N–H and O–H groups in total. The number of thiazole rings is 1. The summed E-state index contributed by atoms with van der Waals surface area (Å²) in [4.78, 5) is 31.8. The van der Waals surface area contributed by atoms with E-state index in [9.17, 15) is 14.0 Å². The molecular formula is C31H30FN3O3S. The highest BCUT2D eigenvalue weighted by atomic mass is 32.1. The van der Waals surface area contributed by atoms with Crippen LogP contribution in [0.4, 0.5) is 4.39 Å². The van der Waals surface area contributed by atoms with Crippen LogP contribution >= 0.6 is 11.3 Å². The Balaban J connectivity index is 1.28. The number of nitrogens with one attached hydrogen (secondary N) is 1. The summed E-state index contributed by atoms with van der Waals surface area (Å²) in [6.07, 6.45) is 1.25. The first-order valence-electron chi connectivity index (χ1n) is 13.0. The van der Waals surface area contributed by atoms with E-state index >= 15 is 0 Å². The fourth-order valence-electron chi connectivity index (χ4n) is 4.76. The maximum absolute atomic E-state index is 13.1. The van der Waals surface area contributed by atoms with Crippen molar-refractivity contribution in [2.24, 2.45) is 0 Å². The molecule has 8 heteroatoms. The highest BCUT2D eigenvalue weighted by molar-refractivity contribution is 7.09. The number of aromatic nitrogens is 1. The minimum atomic E-state index is -0.314. The van der Waals surface area contributed by atoms with E-state index in [1.807, 2.05) is 24.0 Å². The van der Waals surface area contributed by atoms with Gasteiger partial charge < -0.3 is 15.0 Å². The van der Waals surface area contributed by atoms with Crippen LogP contribution in [0.3, 0.4) is 0 Å². The van der Waals surface area contributed by atoms with E-state index < -0.39 is 0 Å². The molecule has 4 aromatic rings. The Morgan fingerprint density at radius 1 is 1.10 bits per heavy atom. The maximum Gasteiger partial charge on any atom is 0.271 e. The summed E-state index contributed by atoms with van der Waals surface area (Å²) in [6.45, 7) is 5.15. The van der Waals surface area contributed by atoms with Gasteiger partial charge in [-0.3, -0.25) is 9.59 Å². The van der Waals surface area contributed by atoms with Crippen molar-refractivity contribution in [2.45, 2.75) is 45.9 Å². The van der Waals surface area contributed by atoms with Gasteiger partial charge in [0, 0.05) is 24.9 Å². The van der Waals surface area contributed by atoms with E-state index in [0.29, 0.717) is 29.4 Å². The second-order valence-corrected chi connectivity index (χ2v) is 10.5. The molecule has 1 aliphatic rings. The summed E-state index contributed by atoms with van der Waals surface area (Å²) in [7, 11) is 0. The number of aryl methyl sites for hydroxylation is 1. The fraction of sp³-hybridized carbons (Fsp3) is 0.258. The van der Waals surface area contributed by atoms with E-state index in [-0.39, 0.29) is 36.8 Å². The predicted octanol–water partition coefficient (Wildman–Crippen LogP) is 5.98. The smallest absolute Gasteiger partial charge is 0.271 e. The molecule has 0 bridgehead atoms. The van der Waals surface area contributed by atoms with Gasteiger partial charge in [0.05, 0.1) is 6.04 Å². The van der Waals surface area contributed by atoms with Crippen molar-refractivity contribution in [1.29, 1.82) is 0 Å². The first kappa shape index (κ1) is 26.6. The van der Waals surface area contributed by atoms with Gasteiger partial charge in [-0.2, -0.15) is 0 Å². The predicted molar refractivity (Wildman–Crippen MR) is 149 cm³/mol. The highest BCUT2D eigenvalue weighted by Crippen LogP contribution is 2.37. The molecule has 1 aliphatic heterocycles. The van der Waals surface area contributed by atoms with Crippen LogP contribution in [-0.4, -0.2) is 28.2 Å². The minimum absolute atomic E-state index is 0.130. The van der Waals surface area contributed by atoms with E-state index in [0.717, 1.165) is 23.1 Å². The molecule has 0 radical (unpaired) electrons. The third-order valence-electron chi connectivity index (χ3n) is 6.87. The standard InChI is InChI=1S/C31H30FN3O3S/c1-3-29(36)35-15-14-22-10-13-25(16-26(22)30(35)23-8-4-20(2)5-9-23)38-18-28-34-27(19-39-28)31(37)33-17-21-6-11-24(32)12-7-21/h4-13,16,19,30H,3,14-15,17-18H2,1-2H3,(H,33,37)/t30-/m0/s1. The van der Waals surface area contributed by atoms with E-state index in [1.54, 1.807) is 17.5 Å². The number of halogens is 1. The molecule has 3 aromatic carbocycles. The molecule has 1 aromatic heterocycles. The quantitative estimate of drug-likeness (QED) is 0.297. The van der Waals surface area contributed by atoms with Gasteiger partial charge in [0.25, 0.3) is 5.91 Å². The molecule has 0 saturated carbocycles. The number of hydrogen-bond donors (Lipinski definition) is 1. The zero-order valence-corrected chi connectivity index (χ0v) is 22.8. The van der Waals surface area contributed by atoms with Crippen LogP contribution in [-0.2, 0) is 24.4 Å². The number of hydrogen-bond acceptors (Lipinski definition) is 5. The average Bonchev–Trinajstić information content (AvgIpc) is 3.44. The number of carbonyl (C=O) groups excluding carboxylic acids is 2. The van der Waals surface area contributed by atoms with Crippen LogP contribution < -0.4 is 10.1 Å². The van der Waals surface area contributed by atoms with Crippen LogP contribution in [0.5, 0.6) is 5.75 Å². The van der Waals surface area contributed by atoms with Crippen molar-refractivity contribution in [3.8, 4) is 5.75 Å². The average molecular weight is 544 g/mol. The van der Waals surface area contributed by atoms with Crippen LogP contribution in [0.2, 0.25) is 0 Å². The van der Waals surface area contributed by atoms with Crippen molar-refractivity contribution < 1.29 is 18.7 Å². The number of ether oxygens (including phenoxy) is 1. The molecule has 0 aliphatic carbocycles. The first-order valence-corrected chi connectivity index (χ1v) is 13.9. The Kier molecular flexibility index (Phi) is 8.02. The van der Waals surface area contributed by atoms with E-state index in [4.69, 9.17) is 4.74 Å². The Morgan fingerprint density at radius 2 is 1.87 bits per heavy atom. The zero-order valence-electron chi connectivity index (χ0n) is 21.9. The topological polar surface area (TPSA) is 71.5 Å². The summed E-state index contributed by atoms with van der Waals surface area (Å²) in [5.74, 6) is 0.211. The Labute approximate surface area is 231 Å². The van der Waals surface area contributed by atoms with Crippen molar-refractivity contribution in [3.05, 3.63) is 116 Å². The molecule has 5 rings (SSSR count). The van der Waals surface area contributed by atoms with E-state index in [2.05, 4.69) is 47.6 Å². The highest BCUT2D eigenvalue weighted by Gasteiger charge is 2.31. The second kappa shape index (κ2) is 11.8. The Morgan fingerprint density at radius 3 is 2.62 bits per heavy atom. The van der Waals surface area contributed by atoms with Gasteiger partial charge in [-0.1, -0.05) is 55.0 Å². The molecule has 1 atom stereocenters. The van der Waals surface area contributed by atoms with Crippen molar-refractivity contribution in [3.63, 3.8) is 0 Å². The molecule has 39 heavy (non-hydrogen) atoms. The summed E-state index contributed by atoms with van der Waals surface area (Å²) < 4.78 is 19.2. The minimum Gasteiger partial charge on any atom is -0.486 e. The molecular weight excluding hydrogens is 513 g/mol. The van der Waals surface area contributed by atoms with Gasteiger partial charge in [0.1, 0.15) is 28.9 Å². The monoisotopic (exact) mass is 543 g/mol. The van der Waals surface area contributed by atoms with Crippen LogP contribution in [0, 0.1) is 12.7 Å². The van der Waals surface area contributed by atoms with E-state index in [1.165, 1.54) is 34.6 Å². The lowest BCUT2D eigenvalue weighted by atomic mass is 9.87. The lowest BCUT2D eigenvalue weighted by Gasteiger charge is -2.38. The van der Waals surface area contributed by atoms with Crippen molar-refractivity contribution >= 4 is 23.2 Å². The zero-order chi connectivity index (χ0) is 27.4. The number of carbonyl (C=O) groups is 2. The number of nitrogens with zero attached hydrogens (tertiary/aromatic N) is 2. The molecule has 200 valence electrons. The number of fused-ring (bicyclic) bond motifs is 1. The van der Waals surface area contributed by atoms with Gasteiger partial charge in [0.15, 0.2) is 0 Å². The number of benzene rings is 3. The Bertz CT molecular complexity index is 1470. The molecule has 2 amide bonds. The van der Waals surface area contributed by atoms with Gasteiger partial charge in [-0.15, -0.1) is 11.3 Å². The summed E-state index contributed by atoms with van der Waals surface area (Å²) >= 11 is 1.36. The maximum atomic E-state index is 13.1. The molecule has 0 fully saturated rings. The SMILES string of the molecule is CCC(=O)N1CCc2ccc(OCc3nc(C(=O)NCc4ccc(F)cc4)cs3)cc2[C@@H]1c1ccc(C)cc1. The third kappa shape index (κ3) is 6.17. The van der Waals surface area contributed by atoms with Crippen LogP contribution in [0.25, 0.3) is 0 Å². The fourth-order valence-corrected chi connectivity index (χ4v) is 5.45. The molecule has 0 saturated heterocycles. The number of amides is 2. The largest absolute Gasteiger partial charge is 0.486 e. The molecule has 0 unspecified atom stereocenters. The molecule has 2 heterocycles. The van der Waals surface area contributed by atoms with Crippen molar-refractivity contribution in [1.82, 2.24) is 15.2 Å². The summed E-state index contributed by atoms with van der Waals surface area (Å²) in [6, 6.07) is 20.2.